The van der Waals surface area contributed by atoms with Crippen LogP contribution < -0.4 is 5.32 Å². The molecule has 106 valence electrons. The molecule has 1 fully saturated rings. The third-order valence-corrected chi connectivity index (χ3v) is 3.94. The molecule has 1 saturated heterocycles. The molecule has 1 amide bonds. The molecule has 0 atom stereocenters. The van der Waals surface area contributed by atoms with Crippen molar-refractivity contribution in [3.8, 4) is 0 Å². The number of nitrogens with zero attached hydrogens (tertiary/aromatic N) is 2. The van der Waals surface area contributed by atoms with Crippen LogP contribution in [0.15, 0.2) is 36.5 Å². The molecule has 1 aromatic heterocycles. The number of nitrogens with one attached hydrogen (secondary N) is 1. The molecular weight excluding hydrogens is 250 g/mol. The molecule has 4 nitrogen and oxygen atoms in total. The average Bonchev–Trinajstić information content (AvgIpc) is 3.09. The average molecular weight is 271 g/mol. The maximum Gasteiger partial charge on any atom is 0.239 e. The molecular formula is C16H21N3O. The standard InChI is InChI=1S/C16H21N3O/c20-16(17-8-12-18-9-3-4-10-18)13-19-11-7-14-5-1-2-6-15(14)19/h1-2,5-7,11H,3-4,8-10,12-13H2,(H,17,20). The Morgan fingerprint density at radius 3 is 2.80 bits per heavy atom. The van der Waals surface area contributed by atoms with Crippen molar-refractivity contribution in [3.05, 3.63) is 36.5 Å². The van der Waals surface area contributed by atoms with E-state index < -0.39 is 0 Å². The van der Waals surface area contributed by atoms with Crippen LogP contribution in [0.2, 0.25) is 0 Å². The minimum Gasteiger partial charge on any atom is -0.353 e. The summed E-state index contributed by atoms with van der Waals surface area (Å²) in [6.07, 6.45) is 4.57. The Balaban J connectivity index is 1.50. The highest BCUT2D eigenvalue weighted by atomic mass is 16.1. The Morgan fingerprint density at radius 1 is 1.15 bits per heavy atom. The maximum absolute atomic E-state index is 12.0. The summed E-state index contributed by atoms with van der Waals surface area (Å²) >= 11 is 0. The molecule has 2 aromatic rings. The lowest BCUT2D eigenvalue weighted by atomic mass is 10.2. The van der Waals surface area contributed by atoms with E-state index in [1.54, 1.807) is 0 Å². The first-order valence-electron chi connectivity index (χ1n) is 7.36. The molecule has 3 rings (SSSR count). The van der Waals surface area contributed by atoms with Gasteiger partial charge in [-0.15, -0.1) is 0 Å². The number of aromatic nitrogens is 1. The van der Waals surface area contributed by atoms with Gasteiger partial charge in [-0.25, -0.2) is 0 Å². The predicted octanol–water partition coefficient (Wildman–Crippen LogP) is 1.85. The summed E-state index contributed by atoms with van der Waals surface area (Å²) in [7, 11) is 0. The number of amides is 1. The highest BCUT2D eigenvalue weighted by Gasteiger charge is 2.11. The molecule has 1 aromatic carbocycles. The van der Waals surface area contributed by atoms with Crippen LogP contribution in [0.1, 0.15) is 12.8 Å². The van der Waals surface area contributed by atoms with Crippen LogP contribution in [0.25, 0.3) is 10.9 Å². The molecule has 1 aliphatic heterocycles. The van der Waals surface area contributed by atoms with Crippen molar-refractivity contribution >= 4 is 16.8 Å². The Morgan fingerprint density at radius 2 is 1.95 bits per heavy atom. The third kappa shape index (κ3) is 3.02. The van der Waals surface area contributed by atoms with Crippen LogP contribution in [0.5, 0.6) is 0 Å². The minimum absolute atomic E-state index is 0.0885. The zero-order valence-electron chi connectivity index (χ0n) is 11.7. The van der Waals surface area contributed by atoms with Crippen molar-refractivity contribution < 1.29 is 4.79 Å². The monoisotopic (exact) mass is 271 g/mol. The first kappa shape index (κ1) is 13.2. The van der Waals surface area contributed by atoms with Gasteiger partial charge in [0.25, 0.3) is 0 Å². The topological polar surface area (TPSA) is 37.3 Å². The van der Waals surface area contributed by atoms with Crippen molar-refractivity contribution in [1.29, 1.82) is 0 Å². The van der Waals surface area contributed by atoms with E-state index in [4.69, 9.17) is 0 Å². The molecule has 1 aliphatic rings. The Hall–Kier alpha value is -1.81. The summed E-state index contributed by atoms with van der Waals surface area (Å²) in [6, 6.07) is 10.2. The number of benzene rings is 1. The van der Waals surface area contributed by atoms with E-state index in [1.165, 1.54) is 31.3 Å². The second kappa shape index (κ2) is 6.09. The number of likely N-dealkylation sites (tertiary alicyclic amines) is 1. The lowest BCUT2D eigenvalue weighted by molar-refractivity contribution is -0.121. The highest BCUT2D eigenvalue weighted by molar-refractivity contribution is 5.83. The zero-order chi connectivity index (χ0) is 13.8. The van der Waals surface area contributed by atoms with E-state index in [-0.39, 0.29) is 5.91 Å². The number of hydrogen-bond acceptors (Lipinski definition) is 2. The highest BCUT2D eigenvalue weighted by Crippen LogP contribution is 2.14. The quantitative estimate of drug-likeness (QED) is 0.901. The Bertz CT molecular complexity index is 584. The molecule has 2 heterocycles. The van der Waals surface area contributed by atoms with Gasteiger partial charge in [0.05, 0.1) is 0 Å². The van der Waals surface area contributed by atoms with Gasteiger partial charge in [-0.3, -0.25) is 4.79 Å². The molecule has 0 unspecified atom stereocenters. The van der Waals surface area contributed by atoms with Gasteiger partial charge >= 0.3 is 0 Å². The van der Waals surface area contributed by atoms with Crippen LogP contribution in [0, 0.1) is 0 Å². The fourth-order valence-corrected chi connectivity index (χ4v) is 2.85. The molecule has 0 aliphatic carbocycles. The Kier molecular flexibility index (Phi) is 4.02. The van der Waals surface area contributed by atoms with E-state index >= 15 is 0 Å². The lowest BCUT2D eigenvalue weighted by Gasteiger charge is -2.15. The van der Waals surface area contributed by atoms with Gasteiger partial charge in [0.1, 0.15) is 6.54 Å². The number of fused-ring (bicyclic) bond motifs is 1. The summed E-state index contributed by atoms with van der Waals surface area (Å²) in [4.78, 5) is 14.4. The normalized spacial score (nSPS) is 15.8. The van der Waals surface area contributed by atoms with Crippen LogP contribution in [-0.4, -0.2) is 41.6 Å². The molecule has 0 bridgehead atoms. The van der Waals surface area contributed by atoms with Gasteiger partial charge in [0.15, 0.2) is 0 Å². The number of rotatable bonds is 5. The number of carbonyl (C=O) groups excluding carboxylic acids is 1. The summed E-state index contributed by atoms with van der Waals surface area (Å²) in [5.41, 5.74) is 1.11. The van der Waals surface area contributed by atoms with Gasteiger partial charge in [-0.1, -0.05) is 18.2 Å². The van der Waals surface area contributed by atoms with Crippen LogP contribution in [0.4, 0.5) is 0 Å². The van der Waals surface area contributed by atoms with Crippen molar-refractivity contribution in [1.82, 2.24) is 14.8 Å². The molecule has 1 N–H and O–H groups in total. The summed E-state index contributed by atoms with van der Waals surface area (Å²) in [5.74, 6) is 0.0885. The molecule has 4 heteroatoms. The minimum atomic E-state index is 0.0885. The number of hydrogen-bond donors (Lipinski definition) is 1. The maximum atomic E-state index is 12.0. The lowest BCUT2D eigenvalue weighted by Crippen LogP contribution is -2.35. The van der Waals surface area contributed by atoms with Gasteiger partial charge in [0.2, 0.25) is 5.91 Å². The first-order valence-corrected chi connectivity index (χ1v) is 7.36. The van der Waals surface area contributed by atoms with Crippen molar-refractivity contribution in [3.63, 3.8) is 0 Å². The van der Waals surface area contributed by atoms with Crippen LogP contribution in [-0.2, 0) is 11.3 Å². The molecule has 0 spiro atoms. The zero-order valence-corrected chi connectivity index (χ0v) is 11.7. The first-order chi connectivity index (χ1) is 9.83. The Labute approximate surface area is 119 Å². The summed E-state index contributed by atoms with van der Waals surface area (Å²) < 4.78 is 2.00. The van der Waals surface area contributed by atoms with Gasteiger partial charge in [0, 0.05) is 24.8 Å². The smallest absolute Gasteiger partial charge is 0.239 e. The van der Waals surface area contributed by atoms with E-state index in [9.17, 15) is 4.79 Å². The largest absolute Gasteiger partial charge is 0.353 e. The van der Waals surface area contributed by atoms with Crippen molar-refractivity contribution in [2.45, 2.75) is 19.4 Å². The fraction of sp³-hybridized carbons (Fsp3) is 0.438. The van der Waals surface area contributed by atoms with Crippen molar-refractivity contribution in [2.24, 2.45) is 0 Å². The second-order valence-corrected chi connectivity index (χ2v) is 5.40. The van der Waals surface area contributed by atoms with Gasteiger partial charge in [-0.05, 0) is 43.5 Å². The fourth-order valence-electron chi connectivity index (χ4n) is 2.85. The second-order valence-electron chi connectivity index (χ2n) is 5.40. The van der Waals surface area contributed by atoms with Crippen LogP contribution >= 0.6 is 0 Å². The molecule has 0 saturated carbocycles. The van der Waals surface area contributed by atoms with Gasteiger partial charge < -0.3 is 14.8 Å². The van der Waals surface area contributed by atoms with Crippen LogP contribution in [0.3, 0.4) is 0 Å². The molecule has 20 heavy (non-hydrogen) atoms. The number of para-hydroxylation sites is 1. The van der Waals surface area contributed by atoms with E-state index in [2.05, 4.69) is 16.3 Å². The SMILES string of the molecule is O=C(Cn1ccc2ccccc21)NCCN1CCCC1. The van der Waals surface area contributed by atoms with Gasteiger partial charge in [-0.2, -0.15) is 0 Å². The predicted molar refractivity (Wildman–Crippen MR) is 80.6 cm³/mol. The van der Waals surface area contributed by atoms with E-state index in [1.807, 2.05) is 35.0 Å². The third-order valence-electron chi connectivity index (χ3n) is 3.94. The van der Waals surface area contributed by atoms with Crippen molar-refractivity contribution in [2.75, 3.05) is 26.2 Å². The summed E-state index contributed by atoms with van der Waals surface area (Å²) in [5, 5.41) is 4.19. The summed E-state index contributed by atoms with van der Waals surface area (Å²) in [6.45, 7) is 4.47. The van der Waals surface area contributed by atoms with E-state index in [0.29, 0.717) is 6.54 Å². The number of carbonyl (C=O) groups is 1. The molecule has 0 radical (unpaired) electrons. The van der Waals surface area contributed by atoms with E-state index in [0.717, 1.165) is 18.6 Å².